The van der Waals surface area contributed by atoms with Crippen LogP contribution in [0.15, 0.2) is 0 Å². The highest BCUT2D eigenvalue weighted by molar-refractivity contribution is 4.89. The molecular weight excluding hydrogens is 196 g/mol. The van der Waals surface area contributed by atoms with Crippen molar-refractivity contribution in [3.05, 3.63) is 0 Å². The van der Waals surface area contributed by atoms with Crippen LogP contribution in [0.4, 0.5) is 0 Å². The van der Waals surface area contributed by atoms with E-state index in [0.717, 1.165) is 18.0 Å². The van der Waals surface area contributed by atoms with E-state index in [4.69, 9.17) is 0 Å². The smallest absolute Gasteiger partial charge is 0.00964 e. The van der Waals surface area contributed by atoms with Crippen LogP contribution in [0, 0.1) is 5.92 Å². The van der Waals surface area contributed by atoms with Gasteiger partial charge in [-0.2, -0.15) is 0 Å². The molecule has 0 aromatic carbocycles. The van der Waals surface area contributed by atoms with Gasteiger partial charge in [-0.3, -0.25) is 0 Å². The van der Waals surface area contributed by atoms with Crippen molar-refractivity contribution in [1.29, 1.82) is 0 Å². The Balaban J connectivity index is 1.33. The van der Waals surface area contributed by atoms with E-state index >= 15 is 0 Å². The molecule has 0 radical (unpaired) electrons. The highest BCUT2D eigenvalue weighted by Crippen LogP contribution is 2.29. The Hall–Kier alpha value is -0.0800. The number of hydrogen-bond acceptors (Lipinski definition) is 2. The quantitative estimate of drug-likeness (QED) is 0.786. The Morgan fingerprint density at radius 1 is 0.875 bits per heavy atom. The third-order valence-electron chi connectivity index (χ3n) is 4.76. The monoisotopic (exact) mass is 222 g/mol. The van der Waals surface area contributed by atoms with Gasteiger partial charge in [-0.1, -0.05) is 12.8 Å². The molecule has 0 bridgehead atoms. The molecule has 2 saturated carbocycles. The number of nitrogens with one attached hydrogen (secondary N) is 1. The predicted molar refractivity (Wildman–Crippen MR) is 67.6 cm³/mol. The minimum Gasteiger partial charge on any atom is -0.314 e. The van der Waals surface area contributed by atoms with Crippen LogP contribution in [-0.4, -0.2) is 36.6 Å². The van der Waals surface area contributed by atoms with Gasteiger partial charge >= 0.3 is 0 Å². The molecule has 92 valence electrons. The lowest BCUT2D eigenvalue weighted by molar-refractivity contribution is 0.187. The predicted octanol–water partition coefficient (Wildman–Crippen LogP) is 2.39. The molecule has 3 aliphatic rings. The van der Waals surface area contributed by atoms with Gasteiger partial charge in [0.15, 0.2) is 0 Å². The molecule has 2 aliphatic carbocycles. The molecule has 1 heterocycles. The fourth-order valence-electron chi connectivity index (χ4n) is 3.46. The van der Waals surface area contributed by atoms with Crippen LogP contribution in [0.5, 0.6) is 0 Å². The van der Waals surface area contributed by atoms with Crippen LogP contribution in [-0.2, 0) is 0 Å². The molecule has 16 heavy (non-hydrogen) atoms. The highest BCUT2D eigenvalue weighted by atomic mass is 15.2. The average Bonchev–Trinajstić information content (AvgIpc) is 3.05. The molecule has 0 aromatic rings. The van der Waals surface area contributed by atoms with Gasteiger partial charge < -0.3 is 10.2 Å². The Kier molecular flexibility index (Phi) is 3.49. The maximum atomic E-state index is 3.82. The molecule has 0 unspecified atom stereocenters. The fraction of sp³-hybridized carbons (Fsp3) is 1.00. The number of piperidine rings is 1. The second-order valence-electron chi connectivity index (χ2n) is 6.10. The summed E-state index contributed by atoms with van der Waals surface area (Å²) < 4.78 is 0. The van der Waals surface area contributed by atoms with Gasteiger partial charge in [0.2, 0.25) is 0 Å². The summed E-state index contributed by atoms with van der Waals surface area (Å²) in [7, 11) is 0. The largest absolute Gasteiger partial charge is 0.314 e. The number of rotatable bonds is 4. The topological polar surface area (TPSA) is 15.3 Å². The molecule has 1 saturated heterocycles. The van der Waals surface area contributed by atoms with E-state index in [1.54, 1.807) is 0 Å². The summed E-state index contributed by atoms with van der Waals surface area (Å²) in [4.78, 5) is 2.72. The lowest BCUT2D eigenvalue weighted by Gasteiger charge is -2.33. The lowest BCUT2D eigenvalue weighted by Crippen LogP contribution is -2.44. The van der Waals surface area contributed by atoms with Gasteiger partial charge in [0.1, 0.15) is 0 Å². The third kappa shape index (κ3) is 2.78. The standard InChI is InChI=1S/C14H26N2/c1-2-4-12(3-1)11-15-13-7-9-16(10-8-13)14-5-6-14/h12-15H,1-11H2. The number of likely N-dealkylation sites (tertiary alicyclic amines) is 1. The molecular formula is C14H26N2. The second kappa shape index (κ2) is 5.05. The third-order valence-corrected chi connectivity index (χ3v) is 4.76. The van der Waals surface area contributed by atoms with E-state index in [2.05, 4.69) is 10.2 Å². The van der Waals surface area contributed by atoms with Gasteiger partial charge in [0.25, 0.3) is 0 Å². The second-order valence-corrected chi connectivity index (χ2v) is 6.10. The van der Waals surface area contributed by atoms with Crippen LogP contribution >= 0.6 is 0 Å². The lowest BCUT2D eigenvalue weighted by atomic mass is 10.0. The van der Waals surface area contributed by atoms with Crippen molar-refractivity contribution in [2.24, 2.45) is 5.92 Å². The first-order valence-corrected chi connectivity index (χ1v) is 7.39. The minimum atomic E-state index is 0.829. The van der Waals surface area contributed by atoms with E-state index in [0.29, 0.717) is 0 Å². The van der Waals surface area contributed by atoms with Crippen molar-refractivity contribution in [3.63, 3.8) is 0 Å². The zero-order valence-corrected chi connectivity index (χ0v) is 10.5. The van der Waals surface area contributed by atoms with Crippen LogP contribution in [0.1, 0.15) is 51.4 Å². The Bertz CT molecular complexity index is 211. The summed E-state index contributed by atoms with van der Waals surface area (Å²) in [6.45, 7) is 4.01. The van der Waals surface area contributed by atoms with E-state index in [-0.39, 0.29) is 0 Å². The summed E-state index contributed by atoms with van der Waals surface area (Å²) in [5, 5.41) is 3.82. The number of nitrogens with zero attached hydrogens (tertiary/aromatic N) is 1. The van der Waals surface area contributed by atoms with E-state index in [9.17, 15) is 0 Å². The van der Waals surface area contributed by atoms with Gasteiger partial charge in [0, 0.05) is 12.1 Å². The minimum absolute atomic E-state index is 0.829. The molecule has 2 nitrogen and oxygen atoms in total. The summed E-state index contributed by atoms with van der Waals surface area (Å²) >= 11 is 0. The molecule has 3 rings (SSSR count). The van der Waals surface area contributed by atoms with Crippen LogP contribution < -0.4 is 5.32 Å². The van der Waals surface area contributed by atoms with Crippen molar-refractivity contribution in [1.82, 2.24) is 10.2 Å². The number of hydrogen-bond donors (Lipinski definition) is 1. The summed E-state index contributed by atoms with van der Waals surface area (Å²) in [6, 6.07) is 1.81. The average molecular weight is 222 g/mol. The zero-order chi connectivity index (χ0) is 10.8. The maximum absolute atomic E-state index is 3.82. The summed E-state index contributed by atoms with van der Waals surface area (Å²) in [6.07, 6.45) is 11.6. The van der Waals surface area contributed by atoms with Crippen molar-refractivity contribution in [2.45, 2.75) is 63.5 Å². The summed E-state index contributed by atoms with van der Waals surface area (Å²) in [5.74, 6) is 1.00. The van der Waals surface area contributed by atoms with E-state index in [1.165, 1.54) is 71.0 Å². The van der Waals surface area contributed by atoms with Crippen LogP contribution in [0.3, 0.4) is 0 Å². The van der Waals surface area contributed by atoms with Crippen molar-refractivity contribution < 1.29 is 0 Å². The fourth-order valence-corrected chi connectivity index (χ4v) is 3.46. The zero-order valence-electron chi connectivity index (χ0n) is 10.5. The molecule has 1 aliphatic heterocycles. The van der Waals surface area contributed by atoms with Crippen molar-refractivity contribution in [2.75, 3.05) is 19.6 Å². The van der Waals surface area contributed by atoms with Crippen molar-refractivity contribution >= 4 is 0 Å². The SMILES string of the molecule is C1CCC(CNC2CCN(C3CC3)CC2)C1. The first kappa shape index (κ1) is 11.0. The van der Waals surface area contributed by atoms with Crippen LogP contribution in [0.2, 0.25) is 0 Å². The first-order valence-electron chi connectivity index (χ1n) is 7.39. The van der Waals surface area contributed by atoms with Crippen LogP contribution in [0.25, 0.3) is 0 Å². The van der Waals surface area contributed by atoms with E-state index < -0.39 is 0 Å². The molecule has 1 N–H and O–H groups in total. The molecule has 3 fully saturated rings. The molecule has 2 heteroatoms. The first-order chi connectivity index (χ1) is 7.92. The van der Waals surface area contributed by atoms with Gasteiger partial charge in [-0.25, -0.2) is 0 Å². The van der Waals surface area contributed by atoms with Gasteiger partial charge in [0.05, 0.1) is 0 Å². The molecule has 0 spiro atoms. The normalized spacial score (nSPS) is 30.0. The van der Waals surface area contributed by atoms with E-state index in [1.807, 2.05) is 0 Å². The highest BCUT2D eigenvalue weighted by Gasteiger charge is 2.31. The summed E-state index contributed by atoms with van der Waals surface area (Å²) in [5.41, 5.74) is 0. The Morgan fingerprint density at radius 2 is 1.56 bits per heavy atom. The van der Waals surface area contributed by atoms with Crippen molar-refractivity contribution in [3.8, 4) is 0 Å². The Labute approximate surface area is 99.8 Å². The molecule has 0 atom stereocenters. The molecule has 0 aromatic heterocycles. The van der Waals surface area contributed by atoms with Gasteiger partial charge in [-0.15, -0.1) is 0 Å². The molecule has 0 amide bonds. The van der Waals surface area contributed by atoms with Gasteiger partial charge in [-0.05, 0) is 64.1 Å². The Morgan fingerprint density at radius 3 is 2.19 bits per heavy atom. The maximum Gasteiger partial charge on any atom is 0.00964 e.